The molecule has 2 aromatic rings. The molecule has 2 N–H and O–H groups in total. The van der Waals surface area contributed by atoms with Crippen LogP contribution in [0.15, 0.2) is 48.5 Å². The maximum atomic E-state index is 13.5. The first-order valence-corrected chi connectivity index (χ1v) is 7.19. The average molecular weight is 328 g/mol. The van der Waals surface area contributed by atoms with E-state index in [1.165, 1.54) is 31.4 Å². The van der Waals surface area contributed by atoms with E-state index < -0.39 is 17.6 Å². The van der Waals surface area contributed by atoms with E-state index >= 15 is 0 Å². The van der Waals surface area contributed by atoms with Crippen molar-refractivity contribution in [3.05, 3.63) is 71.0 Å². The first kappa shape index (κ1) is 17.2. The summed E-state index contributed by atoms with van der Waals surface area (Å²) in [5, 5.41) is 0. The summed E-state index contributed by atoms with van der Waals surface area (Å²) in [5.74, 6) is -1.34. The molecule has 0 radical (unpaired) electrons. The zero-order valence-electron chi connectivity index (χ0n) is 13.3. The van der Waals surface area contributed by atoms with Crippen molar-refractivity contribution in [1.29, 1.82) is 0 Å². The topological polar surface area (TPSA) is 67.4 Å². The lowest BCUT2D eigenvalue weighted by molar-refractivity contribution is -0.117. The van der Waals surface area contributed by atoms with E-state index in [-0.39, 0.29) is 5.75 Å². The predicted molar refractivity (Wildman–Crippen MR) is 88.8 cm³/mol. The van der Waals surface area contributed by atoms with Crippen LogP contribution in [0.4, 0.5) is 4.39 Å². The fourth-order valence-corrected chi connectivity index (χ4v) is 2.01. The Balaban J connectivity index is 1.92. The van der Waals surface area contributed by atoms with Crippen molar-refractivity contribution in [2.45, 2.75) is 6.92 Å². The van der Waals surface area contributed by atoms with Gasteiger partial charge in [0, 0.05) is 11.6 Å². The number of hydrogen-bond donors (Lipinski definition) is 2. The average Bonchev–Trinajstić information content (AvgIpc) is 2.58. The largest absolute Gasteiger partial charge is 0.494 e. The number of aryl methyl sites for hydroxylation is 1. The number of rotatable bonds is 4. The first-order valence-electron chi connectivity index (χ1n) is 7.19. The number of hydrogen-bond acceptors (Lipinski definition) is 3. The second-order valence-electron chi connectivity index (χ2n) is 4.99. The van der Waals surface area contributed by atoms with Gasteiger partial charge >= 0.3 is 0 Å². The monoisotopic (exact) mass is 328 g/mol. The number of carbonyl (C=O) groups excluding carboxylic acids is 2. The van der Waals surface area contributed by atoms with Gasteiger partial charge in [0.15, 0.2) is 11.6 Å². The maximum Gasteiger partial charge on any atom is 0.269 e. The van der Waals surface area contributed by atoms with Gasteiger partial charge in [0.1, 0.15) is 0 Å². The second kappa shape index (κ2) is 7.92. The number of amides is 2. The van der Waals surface area contributed by atoms with Gasteiger partial charge in [-0.3, -0.25) is 20.4 Å². The number of hydrazine groups is 1. The van der Waals surface area contributed by atoms with Crippen molar-refractivity contribution in [1.82, 2.24) is 10.9 Å². The third-order valence-electron chi connectivity index (χ3n) is 3.29. The zero-order chi connectivity index (χ0) is 17.5. The molecule has 0 bridgehead atoms. The molecule has 2 amide bonds. The molecule has 5 nitrogen and oxygen atoms in total. The summed E-state index contributed by atoms with van der Waals surface area (Å²) in [6.07, 6.45) is 2.62. The smallest absolute Gasteiger partial charge is 0.269 e. The second-order valence-corrected chi connectivity index (χ2v) is 4.99. The molecule has 0 heterocycles. The summed E-state index contributed by atoms with van der Waals surface area (Å²) in [6.45, 7) is 1.80. The van der Waals surface area contributed by atoms with Crippen LogP contribution in [-0.2, 0) is 4.79 Å². The van der Waals surface area contributed by atoms with Crippen LogP contribution >= 0.6 is 0 Å². The zero-order valence-corrected chi connectivity index (χ0v) is 13.3. The molecule has 0 aromatic heterocycles. The third kappa shape index (κ3) is 4.42. The Hall–Kier alpha value is -3.15. The van der Waals surface area contributed by atoms with Gasteiger partial charge in [0.2, 0.25) is 0 Å². The minimum Gasteiger partial charge on any atom is -0.494 e. The Morgan fingerprint density at radius 2 is 1.88 bits per heavy atom. The number of nitrogens with one attached hydrogen (secondary N) is 2. The third-order valence-corrected chi connectivity index (χ3v) is 3.29. The molecule has 6 heteroatoms. The van der Waals surface area contributed by atoms with Crippen molar-refractivity contribution < 1.29 is 18.7 Å². The van der Waals surface area contributed by atoms with E-state index in [0.29, 0.717) is 11.1 Å². The van der Waals surface area contributed by atoms with Crippen LogP contribution in [0.25, 0.3) is 6.08 Å². The molecule has 0 saturated carbocycles. The molecule has 2 aromatic carbocycles. The summed E-state index contributed by atoms with van der Waals surface area (Å²) < 4.78 is 18.4. The summed E-state index contributed by atoms with van der Waals surface area (Å²) in [4.78, 5) is 23.7. The molecule has 2 rings (SSSR count). The Morgan fingerprint density at radius 3 is 2.54 bits per heavy atom. The number of halogens is 1. The molecular weight excluding hydrogens is 311 g/mol. The molecule has 0 atom stereocenters. The molecule has 0 aliphatic carbocycles. The standard InChI is InChI=1S/C18H17FN2O3/c1-12-5-3-4-6-14(12)18(23)21-20-17(22)10-8-13-7-9-16(24-2)15(19)11-13/h3-11H,1-2H3,(H,20,22)(H,21,23)/b10-8+. The molecule has 124 valence electrons. The lowest BCUT2D eigenvalue weighted by Gasteiger charge is -2.07. The summed E-state index contributed by atoms with van der Waals surface area (Å²) >= 11 is 0. The van der Waals surface area contributed by atoms with E-state index in [1.807, 2.05) is 6.07 Å². The molecule has 0 aliphatic rings. The van der Waals surface area contributed by atoms with Gasteiger partial charge in [0.05, 0.1) is 7.11 Å². The van der Waals surface area contributed by atoms with Crippen molar-refractivity contribution in [3.8, 4) is 5.75 Å². The summed E-state index contributed by atoms with van der Waals surface area (Å²) in [7, 11) is 1.37. The van der Waals surface area contributed by atoms with Crippen LogP contribution in [0.5, 0.6) is 5.75 Å². The van der Waals surface area contributed by atoms with Gasteiger partial charge in [-0.15, -0.1) is 0 Å². The van der Waals surface area contributed by atoms with Gasteiger partial charge in [-0.2, -0.15) is 0 Å². The highest BCUT2D eigenvalue weighted by atomic mass is 19.1. The fraction of sp³-hybridized carbons (Fsp3) is 0.111. The van der Waals surface area contributed by atoms with Gasteiger partial charge in [-0.1, -0.05) is 24.3 Å². The normalized spacial score (nSPS) is 10.5. The molecule has 0 fully saturated rings. The molecule has 0 unspecified atom stereocenters. The number of methoxy groups -OCH3 is 1. The summed E-state index contributed by atoms with van der Waals surface area (Å²) in [5.41, 5.74) is 6.36. The highest BCUT2D eigenvalue weighted by molar-refractivity contribution is 5.98. The van der Waals surface area contributed by atoms with Crippen LogP contribution in [0, 0.1) is 12.7 Å². The van der Waals surface area contributed by atoms with Crippen LogP contribution in [0.1, 0.15) is 21.5 Å². The lowest BCUT2D eigenvalue weighted by Crippen LogP contribution is -2.41. The van der Waals surface area contributed by atoms with E-state index in [2.05, 4.69) is 10.9 Å². The van der Waals surface area contributed by atoms with Gasteiger partial charge in [-0.05, 0) is 42.3 Å². The van der Waals surface area contributed by atoms with Gasteiger partial charge < -0.3 is 4.74 Å². The predicted octanol–water partition coefficient (Wildman–Crippen LogP) is 2.62. The van der Waals surface area contributed by atoms with Crippen LogP contribution in [0.3, 0.4) is 0 Å². The van der Waals surface area contributed by atoms with E-state index in [0.717, 1.165) is 5.56 Å². The Bertz CT molecular complexity index is 788. The van der Waals surface area contributed by atoms with Crippen molar-refractivity contribution >= 4 is 17.9 Å². The van der Waals surface area contributed by atoms with E-state index in [9.17, 15) is 14.0 Å². The molecular formula is C18H17FN2O3. The SMILES string of the molecule is COc1ccc(/C=C/C(=O)NNC(=O)c2ccccc2C)cc1F. The Kier molecular flexibility index (Phi) is 5.68. The Morgan fingerprint density at radius 1 is 1.12 bits per heavy atom. The quantitative estimate of drug-likeness (QED) is 0.670. The Labute approximate surface area is 139 Å². The van der Waals surface area contributed by atoms with Crippen molar-refractivity contribution in [3.63, 3.8) is 0 Å². The number of benzene rings is 2. The van der Waals surface area contributed by atoms with Crippen molar-refractivity contribution in [2.75, 3.05) is 7.11 Å². The lowest BCUT2D eigenvalue weighted by atomic mass is 10.1. The molecule has 0 spiro atoms. The maximum absolute atomic E-state index is 13.5. The van der Waals surface area contributed by atoms with Crippen molar-refractivity contribution in [2.24, 2.45) is 0 Å². The first-order chi connectivity index (χ1) is 11.5. The summed E-state index contributed by atoms with van der Waals surface area (Å²) in [6, 6.07) is 11.3. The van der Waals surface area contributed by atoms with E-state index in [1.54, 1.807) is 31.2 Å². The van der Waals surface area contributed by atoms with Crippen LogP contribution in [0.2, 0.25) is 0 Å². The molecule has 0 saturated heterocycles. The highest BCUT2D eigenvalue weighted by Gasteiger charge is 2.08. The van der Waals surface area contributed by atoms with Crippen LogP contribution < -0.4 is 15.6 Å². The highest BCUT2D eigenvalue weighted by Crippen LogP contribution is 2.18. The molecule has 24 heavy (non-hydrogen) atoms. The van der Waals surface area contributed by atoms with Gasteiger partial charge in [0.25, 0.3) is 11.8 Å². The minimum atomic E-state index is -0.534. The van der Waals surface area contributed by atoms with E-state index in [4.69, 9.17) is 4.74 Å². The fourth-order valence-electron chi connectivity index (χ4n) is 2.01. The number of carbonyl (C=O) groups is 2. The molecule has 0 aliphatic heterocycles. The van der Waals surface area contributed by atoms with Crippen LogP contribution in [-0.4, -0.2) is 18.9 Å². The minimum absolute atomic E-state index is 0.127. The number of ether oxygens (including phenoxy) is 1. The van der Waals surface area contributed by atoms with Gasteiger partial charge in [-0.25, -0.2) is 4.39 Å².